The van der Waals surface area contributed by atoms with Crippen molar-refractivity contribution in [2.75, 3.05) is 13.1 Å². The number of fused-ring (bicyclic) bond motifs is 1. The van der Waals surface area contributed by atoms with Crippen molar-refractivity contribution >= 4 is 0 Å². The standard InChI is InChI=1S/C9H12N2O/c1-6-11-8(4-12-6)9-2-7(9)3-10-5-9/h4,7,10H,2-3,5H2,1H3. The Kier molecular flexibility index (Phi) is 1.06. The summed E-state index contributed by atoms with van der Waals surface area (Å²) in [7, 11) is 0. The average Bonchev–Trinajstić information content (AvgIpc) is 2.50. The molecule has 0 bridgehead atoms. The first kappa shape index (κ1) is 6.66. The van der Waals surface area contributed by atoms with E-state index >= 15 is 0 Å². The van der Waals surface area contributed by atoms with E-state index in [4.69, 9.17) is 4.42 Å². The largest absolute Gasteiger partial charge is 0.449 e. The Morgan fingerprint density at radius 2 is 2.67 bits per heavy atom. The molecule has 2 fully saturated rings. The monoisotopic (exact) mass is 164 g/mol. The van der Waals surface area contributed by atoms with Gasteiger partial charge in [-0.2, -0.15) is 0 Å². The zero-order valence-corrected chi connectivity index (χ0v) is 7.13. The molecule has 0 radical (unpaired) electrons. The average molecular weight is 164 g/mol. The summed E-state index contributed by atoms with van der Waals surface area (Å²) in [5, 5.41) is 3.39. The Bertz CT molecular complexity index is 320. The molecule has 2 heterocycles. The van der Waals surface area contributed by atoms with Crippen LogP contribution in [0.5, 0.6) is 0 Å². The van der Waals surface area contributed by atoms with Gasteiger partial charge in [-0.05, 0) is 18.9 Å². The maximum Gasteiger partial charge on any atom is 0.191 e. The van der Waals surface area contributed by atoms with E-state index in [0.717, 1.165) is 30.6 Å². The molecule has 3 heteroatoms. The first-order valence-electron chi connectivity index (χ1n) is 4.45. The zero-order valence-electron chi connectivity index (χ0n) is 7.13. The molecule has 1 N–H and O–H groups in total. The molecule has 64 valence electrons. The van der Waals surface area contributed by atoms with E-state index < -0.39 is 0 Å². The number of hydrogen-bond donors (Lipinski definition) is 1. The fourth-order valence-electron chi connectivity index (χ4n) is 2.33. The van der Waals surface area contributed by atoms with E-state index in [0.29, 0.717) is 5.41 Å². The maximum absolute atomic E-state index is 5.23. The van der Waals surface area contributed by atoms with Crippen molar-refractivity contribution in [3.8, 4) is 0 Å². The highest BCUT2D eigenvalue weighted by atomic mass is 16.3. The van der Waals surface area contributed by atoms with Crippen LogP contribution in [0.2, 0.25) is 0 Å². The first-order valence-corrected chi connectivity index (χ1v) is 4.45. The highest BCUT2D eigenvalue weighted by Gasteiger charge is 2.59. The lowest BCUT2D eigenvalue weighted by molar-refractivity contribution is 0.518. The van der Waals surface area contributed by atoms with Gasteiger partial charge in [-0.25, -0.2) is 4.98 Å². The normalized spacial score (nSPS) is 38.2. The number of nitrogens with zero attached hydrogens (tertiary/aromatic N) is 1. The lowest BCUT2D eigenvalue weighted by Gasteiger charge is -2.05. The highest BCUT2D eigenvalue weighted by Crippen LogP contribution is 2.55. The van der Waals surface area contributed by atoms with Gasteiger partial charge in [0.15, 0.2) is 5.89 Å². The molecule has 3 nitrogen and oxygen atoms in total. The molecular formula is C9H12N2O. The Balaban J connectivity index is 1.99. The second-order valence-corrected chi connectivity index (χ2v) is 3.94. The summed E-state index contributed by atoms with van der Waals surface area (Å²) in [5.74, 6) is 1.61. The van der Waals surface area contributed by atoms with Crippen LogP contribution in [0.15, 0.2) is 10.7 Å². The van der Waals surface area contributed by atoms with Crippen molar-refractivity contribution in [1.29, 1.82) is 0 Å². The van der Waals surface area contributed by atoms with E-state index in [1.165, 1.54) is 6.42 Å². The number of oxazole rings is 1. The van der Waals surface area contributed by atoms with Gasteiger partial charge >= 0.3 is 0 Å². The van der Waals surface area contributed by atoms with Gasteiger partial charge in [0.05, 0.1) is 5.69 Å². The Hall–Kier alpha value is -0.830. The van der Waals surface area contributed by atoms with Gasteiger partial charge in [-0.1, -0.05) is 0 Å². The molecule has 0 aromatic carbocycles. The lowest BCUT2D eigenvalue weighted by atomic mass is 10.0. The van der Waals surface area contributed by atoms with Crippen LogP contribution in [0.4, 0.5) is 0 Å². The van der Waals surface area contributed by atoms with Gasteiger partial charge < -0.3 is 9.73 Å². The topological polar surface area (TPSA) is 38.1 Å². The number of nitrogens with one attached hydrogen (secondary N) is 1. The maximum atomic E-state index is 5.23. The van der Waals surface area contributed by atoms with Gasteiger partial charge in [-0.3, -0.25) is 0 Å². The van der Waals surface area contributed by atoms with E-state index in [1.54, 1.807) is 0 Å². The molecule has 1 aromatic heterocycles. The molecule has 2 aliphatic rings. The molecule has 1 saturated carbocycles. The third-order valence-electron chi connectivity index (χ3n) is 3.19. The zero-order chi connectivity index (χ0) is 8.18. The molecule has 0 spiro atoms. The fraction of sp³-hybridized carbons (Fsp3) is 0.667. The molecule has 12 heavy (non-hydrogen) atoms. The van der Waals surface area contributed by atoms with Crippen LogP contribution in [-0.2, 0) is 5.41 Å². The summed E-state index contributed by atoms with van der Waals surface area (Å²) in [6.07, 6.45) is 3.12. The summed E-state index contributed by atoms with van der Waals surface area (Å²) in [4.78, 5) is 4.40. The molecular weight excluding hydrogens is 152 g/mol. The minimum Gasteiger partial charge on any atom is -0.449 e. The van der Waals surface area contributed by atoms with Crippen molar-refractivity contribution < 1.29 is 4.42 Å². The minimum atomic E-state index is 0.359. The molecule has 1 saturated heterocycles. The van der Waals surface area contributed by atoms with Gasteiger partial charge in [0, 0.05) is 18.9 Å². The van der Waals surface area contributed by atoms with Crippen molar-refractivity contribution in [2.24, 2.45) is 5.92 Å². The summed E-state index contributed by atoms with van der Waals surface area (Å²) in [6.45, 7) is 4.15. The molecule has 1 aromatic rings. The quantitative estimate of drug-likeness (QED) is 0.668. The molecule has 1 aliphatic heterocycles. The smallest absolute Gasteiger partial charge is 0.191 e. The Morgan fingerprint density at radius 3 is 3.17 bits per heavy atom. The number of aromatic nitrogens is 1. The number of rotatable bonds is 1. The SMILES string of the molecule is Cc1nc(C23CNCC2C3)co1. The fourth-order valence-corrected chi connectivity index (χ4v) is 2.33. The summed E-state index contributed by atoms with van der Waals surface area (Å²) in [5.41, 5.74) is 1.52. The van der Waals surface area contributed by atoms with Crippen LogP contribution in [-0.4, -0.2) is 18.1 Å². The van der Waals surface area contributed by atoms with E-state index in [1.807, 2.05) is 13.2 Å². The van der Waals surface area contributed by atoms with Crippen molar-refractivity contribution in [3.05, 3.63) is 17.8 Å². The minimum absolute atomic E-state index is 0.359. The predicted molar refractivity (Wildman–Crippen MR) is 43.9 cm³/mol. The van der Waals surface area contributed by atoms with Gasteiger partial charge in [0.25, 0.3) is 0 Å². The second-order valence-electron chi connectivity index (χ2n) is 3.94. The molecule has 2 unspecified atom stereocenters. The Morgan fingerprint density at radius 1 is 1.75 bits per heavy atom. The van der Waals surface area contributed by atoms with E-state index in [-0.39, 0.29) is 0 Å². The van der Waals surface area contributed by atoms with Gasteiger partial charge in [0.2, 0.25) is 0 Å². The summed E-state index contributed by atoms with van der Waals surface area (Å²) < 4.78 is 5.23. The van der Waals surface area contributed by atoms with Crippen molar-refractivity contribution in [3.63, 3.8) is 0 Å². The molecule has 3 rings (SSSR count). The van der Waals surface area contributed by atoms with Crippen molar-refractivity contribution in [2.45, 2.75) is 18.8 Å². The predicted octanol–water partition coefficient (Wildman–Crippen LogP) is 0.844. The number of aryl methyl sites for hydroxylation is 1. The van der Waals surface area contributed by atoms with Crippen LogP contribution in [0.25, 0.3) is 0 Å². The molecule has 1 aliphatic carbocycles. The van der Waals surface area contributed by atoms with Crippen LogP contribution in [0.1, 0.15) is 18.0 Å². The van der Waals surface area contributed by atoms with Crippen LogP contribution in [0.3, 0.4) is 0 Å². The van der Waals surface area contributed by atoms with Crippen LogP contribution >= 0.6 is 0 Å². The molecule has 0 amide bonds. The van der Waals surface area contributed by atoms with E-state index in [9.17, 15) is 0 Å². The van der Waals surface area contributed by atoms with Gasteiger partial charge in [-0.15, -0.1) is 0 Å². The lowest BCUT2D eigenvalue weighted by Crippen LogP contribution is -2.19. The van der Waals surface area contributed by atoms with Crippen molar-refractivity contribution in [1.82, 2.24) is 10.3 Å². The third kappa shape index (κ3) is 0.672. The third-order valence-corrected chi connectivity index (χ3v) is 3.19. The Labute approximate surface area is 71.2 Å². The summed E-state index contributed by atoms with van der Waals surface area (Å²) >= 11 is 0. The first-order chi connectivity index (χ1) is 5.81. The number of piperidine rings is 1. The van der Waals surface area contributed by atoms with Crippen LogP contribution in [0, 0.1) is 12.8 Å². The van der Waals surface area contributed by atoms with Crippen LogP contribution < -0.4 is 5.32 Å². The second kappa shape index (κ2) is 1.91. The molecule has 2 atom stereocenters. The van der Waals surface area contributed by atoms with Gasteiger partial charge in [0.1, 0.15) is 6.26 Å². The van der Waals surface area contributed by atoms with E-state index in [2.05, 4.69) is 10.3 Å². The highest BCUT2D eigenvalue weighted by molar-refractivity contribution is 5.30. The number of hydrogen-bond acceptors (Lipinski definition) is 3. The summed E-state index contributed by atoms with van der Waals surface area (Å²) in [6, 6.07) is 0.